The minimum absolute atomic E-state index is 0.221. The molecule has 5 nitrogen and oxygen atoms in total. The molecule has 2 aromatic rings. The van der Waals surface area contributed by atoms with Crippen molar-refractivity contribution in [1.29, 1.82) is 0 Å². The molecule has 0 aliphatic carbocycles. The van der Waals surface area contributed by atoms with E-state index in [1.54, 1.807) is 0 Å². The van der Waals surface area contributed by atoms with E-state index in [0.717, 1.165) is 54.1 Å². The van der Waals surface area contributed by atoms with E-state index >= 15 is 0 Å². The van der Waals surface area contributed by atoms with Crippen LogP contribution in [0.3, 0.4) is 0 Å². The van der Waals surface area contributed by atoms with Crippen LogP contribution in [-0.2, 0) is 19.4 Å². The summed E-state index contributed by atoms with van der Waals surface area (Å²) in [6.07, 6.45) is 5.84. The number of urea groups is 1. The Balaban J connectivity index is 1.65. The maximum Gasteiger partial charge on any atom is 0.319 e. The van der Waals surface area contributed by atoms with Gasteiger partial charge < -0.3 is 15.5 Å². The minimum Gasteiger partial charge on any atom is -0.357 e. The van der Waals surface area contributed by atoms with Crippen molar-refractivity contribution in [3.63, 3.8) is 0 Å². The third-order valence-electron chi connectivity index (χ3n) is 5.01. The SMILES string of the molecule is CCc1ccc(Cl)c(CC)c1NC(=O)NCc1ccnc(N2CCCC2)c1. The van der Waals surface area contributed by atoms with E-state index in [9.17, 15) is 4.79 Å². The summed E-state index contributed by atoms with van der Waals surface area (Å²) in [4.78, 5) is 19.2. The first-order valence-electron chi connectivity index (χ1n) is 9.67. The van der Waals surface area contributed by atoms with Gasteiger partial charge in [-0.05, 0) is 60.6 Å². The zero-order valence-electron chi connectivity index (χ0n) is 16.0. The number of aromatic nitrogens is 1. The Labute approximate surface area is 166 Å². The van der Waals surface area contributed by atoms with E-state index in [2.05, 4.69) is 33.5 Å². The third kappa shape index (κ3) is 4.72. The number of carbonyl (C=O) groups excluding carboxylic acids is 1. The van der Waals surface area contributed by atoms with Gasteiger partial charge in [0.1, 0.15) is 5.82 Å². The quantitative estimate of drug-likeness (QED) is 0.750. The number of amides is 2. The second kappa shape index (κ2) is 9.09. The van der Waals surface area contributed by atoms with E-state index in [1.807, 2.05) is 31.3 Å². The maximum absolute atomic E-state index is 12.5. The molecule has 1 aliphatic rings. The van der Waals surface area contributed by atoms with Crippen LogP contribution in [0.1, 0.15) is 43.4 Å². The Morgan fingerprint density at radius 1 is 1.19 bits per heavy atom. The second-order valence-electron chi connectivity index (χ2n) is 6.79. The third-order valence-corrected chi connectivity index (χ3v) is 5.36. The molecule has 0 saturated carbocycles. The highest BCUT2D eigenvalue weighted by atomic mass is 35.5. The number of halogens is 1. The Bertz CT molecular complexity index is 803. The lowest BCUT2D eigenvalue weighted by molar-refractivity contribution is 0.251. The van der Waals surface area contributed by atoms with Crippen LogP contribution in [0.25, 0.3) is 0 Å². The summed E-state index contributed by atoms with van der Waals surface area (Å²) in [7, 11) is 0. The fraction of sp³-hybridized carbons (Fsp3) is 0.429. The van der Waals surface area contributed by atoms with E-state index in [4.69, 9.17) is 11.6 Å². The Hall–Kier alpha value is -2.27. The van der Waals surface area contributed by atoms with Gasteiger partial charge in [0, 0.05) is 30.9 Å². The van der Waals surface area contributed by atoms with Gasteiger partial charge in [0.05, 0.1) is 5.69 Å². The number of pyridine rings is 1. The van der Waals surface area contributed by atoms with Crippen LogP contribution in [0, 0.1) is 0 Å². The molecule has 2 N–H and O–H groups in total. The van der Waals surface area contributed by atoms with Crippen molar-refractivity contribution < 1.29 is 4.79 Å². The maximum atomic E-state index is 12.5. The lowest BCUT2D eigenvalue weighted by Crippen LogP contribution is -2.29. The predicted molar refractivity (Wildman–Crippen MR) is 112 cm³/mol. The minimum atomic E-state index is -0.221. The van der Waals surface area contributed by atoms with Crippen molar-refractivity contribution in [2.75, 3.05) is 23.3 Å². The van der Waals surface area contributed by atoms with Crippen LogP contribution in [0.4, 0.5) is 16.3 Å². The van der Waals surface area contributed by atoms with Crippen molar-refractivity contribution in [3.05, 3.63) is 52.2 Å². The van der Waals surface area contributed by atoms with Gasteiger partial charge in [-0.3, -0.25) is 0 Å². The Morgan fingerprint density at radius 3 is 2.67 bits per heavy atom. The summed E-state index contributed by atoms with van der Waals surface area (Å²) < 4.78 is 0. The van der Waals surface area contributed by atoms with Crippen LogP contribution < -0.4 is 15.5 Å². The fourth-order valence-electron chi connectivity index (χ4n) is 3.50. The summed E-state index contributed by atoms with van der Waals surface area (Å²) in [6.45, 7) is 6.68. The molecule has 1 aliphatic heterocycles. The molecular weight excluding hydrogens is 360 g/mol. The molecule has 1 aromatic heterocycles. The molecule has 0 spiro atoms. The standard InChI is InChI=1S/C21H27ClN4O/c1-3-16-7-8-18(22)17(4-2)20(16)25-21(27)24-14-15-9-10-23-19(13-15)26-11-5-6-12-26/h7-10,13H,3-6,11-12,14H2,1-2H3,(H2,24,25,27). The number of benzene rings is 1. The number of hydrogen-bond acceptors (Lipinski definition) is 3. The Morgan fingerprint density at radius 2 is 1.96 bits per heavy atom. The molecule has 6 heteroatoms. The number of hydrogen-bond donors (Lipinski definition) is 2. The smallest absolute Gasteiger partial charge is 0.319 e. The lowest BCUT2D eigenvalue weighted by atomic mass is 10.0. The molecule has 0 bridgehead atoms. The summed E-state index contributed by atoms with van der Waals surface area (Å²) in [5, 5.41) is 6.64. The van der Waals surface area contributed by atoms with Crippen molar-refractivity contribution in [2.24, 2.45) is 0 Å². The molecule has 3 rings (SSSR count). The Kier molecular flexibility index (Phi) is 6.56. The zero-order chi connectivity index (χ0) is 19.2. The van der Waals surface area contributed by atoms with Gasteiger partial charge in [-0.15, -0.1) is 0 Å². The highest BCUT2D eigenvalue weighted by molar-refractivity contribution is 6.31. The molecule has 1 aromatic carbocycles. The number of carbonyl (C=O) groups is 1. The summed E-state index contributed by atoms with van der Waals surface area (Å²) in [5.74, 6) is 0.989. The van der Waals surface area contributed by atoms with Gasteiger partial charge in [0.2, 0.25) is 0 Å². The van der Waals surface area contributed by atoms with Gasteiger partial charge in [-0.25, -0.2) is 9.78 Å². The number of nitrogens with zero attached hydrogens (tertiary/aromatic N) is 2. The van der Waals surface area contributed by atoms with Gasteiger partial charge >= 0.3 is 6.03 Å². The molecule has 2 heterocycles. The topological polar surface area (TPSA) is 57.3 Å². The van der Waals surface area contributed by atoms with E-state index in [1.165, 1.54) is 12.8 Å². The van der Waals surface area contributed by atoms with Crippen LogP contribution >= 0.6 is 11.6 Å². The van der Waals surface area contributed by atoms with Crippen molar-refractivity contribution in [1.82, 2.24) is 10.3 Å². The first-order chi connectivity index (χ1) is 13.1. The molecule has 0 unspecified atom stereocenters. The van der Waals surface area contributed by atoms with Crippen LogP contribution in [0.5, 0.6) is 0 Å². The number of rotatable bonds is 6. The normalized spacial score (nSPS) is 13.7. The van der Waals surface area contributed by atoms with Crippen LogP contribution in [0.2, 0.25) is 5.02 Å². The first kappa shape index (κ1) is 19.5. The number of aryl methyl sites for hydroxylation is 1. The van der Waals surface area contributed by atoms with E-state index in [-0.39, 0.29) is 6.03 Å². The first-order valence-corrected chi connectivity index (χ1v) is 10.0. The zero-order valence-corrected chi connectivity index (χ0v) is 16.8. The highest BCUT2D eigenvalue weighted by Crippen LogP contribution is 2.29. The van der Waals surface area contributed by atoms with E-state index in [0.29, 0.717) is 11.6 Å². The average molecular weight is 387 g/mol. The molecule has 0 atom stereocenters. The van der Waals surface area contributed by atoms with Crippen molar-refractivity contribution in [2.45, 2.75) is 46.1 Å². The monoisotopic (exact) mass is 386 g/mol. The molecule has 27 heavy (non-hydrogen) atoms. The van der Waals surface area contributed by atoms with Crippen molar-refractivity contribution in [3.8, 4) is 0 Å². The number of anilines is 2. The molecule has 144 valence electrons. The van der Waals surface area contributed by atoms with Crippen LogP contribution in [0.15, 0.2) is 30.5 Å². The van der Waals surface area contributed by atoms with Gasteiger partial charge in [0.15, 0.2) is 0 Å². The summed E-state index contributed by atoms with van der Waals surface area (Å²) >= 11 is 6.31. The van der Waals surface area contributed by atoms with E-state index < -0.39 is 0 Å². The molecule has 1 saturated heterocycles. The molecular formula is C21H27ClN4O. The van der Waals surface area contributed by atoms with Gasteiger partial charge in [-0.2, -0.15) is 0 Å². The number of nitrogens with one attached hydrogen (secondary N) is 2. The molecule has 2 amide bonds. The van der Waals surface area contributed by atoms with Crippen molar-refractivity contribution >= 4 is 29.1 Å². The van der Waals surface area contributed by atoms with Crippen LogP contribution in [-0.4, -0.2) is 24.1 Å². The molecule has 0 radical (unpaired) electrons. The lowest BCUT2D eigenvalue weighted by Gasteiger charge is -2.18. The summed E-state index contributed by atoms with van der Waals surface area (Å²) in [6, 6.07) is 7.65. The highest BCUT2D eigenvalue weighted by Gasteiger charge is 2.15. The largest absolute Gasteiger partial charge is 0.357 e. The van der Waals surface area contributed by atoms with Gasteiger partial charge in [0.25, 0.3) is 0 Å². The van der Waals surface area contributed by atoms with Gasteiger partial charge in [-0.1, -0.05) is 31.5 Å². The average Bonchev–Trinajstić information content (AvgIpc) is 3.22. The predicted octanol–water partition coefficient (Wildman–Crippen LogP) is 4.78. The second-order valence-corrected chi connectivity index (χ2v) is 7.20. The summed E-state index contributed by atoms with van der Waals surface area (Å²) in [5.41, 5.74) is 3.94. The fourth-order valence-corrected chi connectivity index (χ4v) is 3.79. The molecule has 1 fully saturated rings.